The predicted octanol–water partition coefficient (Wildman–Crippen LogP) is 4.15. The fourth-order valence-electron chi connectivity index (χ4n) is 3.54. The van der Waals surface area contributed by atoms with Crippen LogP contribution in [0, 0.1) is 6.92 Å². The normalized spacial score (nSPS) is 12.4. The van der Waals surface area contributed by atoms with Gasteiger partial charge in [0, 0.05) is 22.4 Å². The molecule has 1 aromatic heterocycles. The van der Waals surface area contributed by atoms with Gasteiger partial charge in [-0.2, -0.15) is 0 Å². The lowest BCUT2D eigenvalue weighted by Crippen LogP contribution is -2.22. The molecule has 1 heterocycles. The monoisotopic (exact) mass is 396 g/mol. The molecule has 0 saturated carbocycles. The van der Waals surface area contributed by atoms with Gasteiger partial charge in [-0.25, -0.2) is 0 Å². The SMILES string of the molecule is Cc1ccc(Nc2nnc(-c3ccc4c(c3N)C(=O)c3ccccc3C4=O)o2)cc1. The molecule has 0 amide bonds. The second-order valence-corrected chi connectivity index (χ2v) is 7.06. The predicted molar refractivity (Wildman–Crippen MR) is 112 cm³/mol. The Morgan fingerprint density at radius 1 is 0.800 bits per heavy atom. The van der Waals surface area contributed by atoms with E-state index in [1.807, 2.05) is 31.2 Å². The lowest BCUT2D eigenvalue weighted by atomic mass is 9.82. The molecular weight excluding hydrogens is 380 g/mol. The summed E-state index contributed by atoms with van der Waals surface area (Å²) in [5.74, 6) is -0.369. The Balaban J connectivity index is 1.53. The van der Waals surface area contributed by atoms with Crippen LogP contribution in [-0.2, 0) is 0 Å². The third kappa shape index (κ3) is 2.76. The smallest absolute Gasteiger partial charge is 0.320 e. The summed E-state index contributed by atoms with van der Waals surface area (Å²) in [5.41, 5.74) is 9.94. The number of nitrogens with one attached hydrogen (secondary N) is 1. The molecule has 1 aliphatic rings. The maximum Gasteiger partial charge on any atom is 0.320 e. The van der Waals surface area contributed by atoms with Crippen molar-refractivity contribution < 1.29 is 14.0 Å². The quantitative estimate of drug-likeness (QED) is 0.441. The number of nitrogens with zero attached hydrogens (tertiary/aromatic N) is 2. The highest BCUT2D eigenvalue weighted by molar-refractivity contribution is 6.30. The highest BCUT2D eigenvalue weighted by atomic mass is 16.4. The standard InChI is InChI=1S/C23H16N4O3/c1-12-6-8-13(9-7-12)25-23-27-26-22(30-23)17-11-10-16-18(19(17)24)21(29)15-5-3-2-4-14(15)20(16)28/h2-11H,24H2,1H3,(H,25,27). The number of benzene rings is 3. The number of hydrogen-bond donors (Lipinski definition) is 2. The van der Waals surface area contributed by atoms with Crippen LogP contribution in [0.25, 0.3) is 11.5 Å². The Hall–Kier alpha value is -4.26. The number of nitrogen functional groups attached to an aromatic ring is 1. The van der Waals surface area contributed by atoms with E-state index in [1.54, 1.807) is 36.4 Å². The van der Waals surface area contributed by atoms with Crippen LogP contribution in [0.3, 0.4) is 0 Å². The van der Waals surface area contributed by atoms with Crippen LogP contribution < -0.4 is 11.1 Å². The highest BCUT2D eigenvalue weighted by Gasteiger charge is 2.32. The number of nitrogens with two attached hydrogens (primary N) is 1. The maximum absolute atomic E-state index is 13.0. The van der Waals surface area contributed by atoms with Crippen LogP contribution in [0.2, 0.25) is 0 Å². The van der Waals surface area contributed by atoms with Crippen LogP contribution in [0.5, 0.6) is 0 Å². The Morgan fingerprint density at radius 3 is 2.20 bits per heavy atom. The van der Waals surface area contributed by atoms with Crippen LogP contribution in [-0.4, -0.2) is 21.8 Å². The second kappa shape index (κ2) is 6.66. The van der Waals surface area contributed by atoms with Crippen molar-refractivity contribution in [2.75, 3.05) is 11.1 Å². The molecule has 0 unspecified atom stereocenters. The maximum atomic E-state index is 13.0. The molecule has 4 aromatic rings. The average molecular weight is 396 g/mol. The molecule has 0 aliphatic heterocycles. The van der Waals surface area contributed by atoms with Gasteiger partial charge in [0.2, 0.25) is 0 Å². The molecule has 0 saturated heterocycles. The fraction of sp³-hybridized carbons (Fsp3) is 0.0435. The number of aryl methyl sites for hydroxylation is 1. The van der Waals surface area contributed by atoms with Gasteiger partial charge in [0.25, 0.3) is 5.89 Å². The number of carbonyl (C=O) groups is 2. The number of anilines is 3. The molecule has 0 radical (unpaired) electrons. The van der Waals surface area contributed by atoms with E-state index in [0.717, 1.165) is 11.3 Å². The Morgan fingerprint density at radius 2 is 1.47 bits per heavy atom. The number of fused-ring (bicyclic) bond motifs is 2. The number of carbonyl (C=O) groups excluding carboxylic acids is 2. The Kier molecular flexibility index (Phi) is 3.96. The minimum atomic E-state index is -0.294. The van der Waals surface area contributed by atoms with Gasteiger partial charge < -0.3 is 15.5 Å². The molecule has 0 fully saturated rings. The van der Waals surface area contributed by atoms with Crippen LogP contribution in [0.1, 0.15) is 37.4 Å². The zero-order valence-corrected chi connectivity index (χ0v) is 16.0. The lowest BCUT2D eigenvalue weighted by molar-refractivity contribution is 0.0980. The van der Waals surface area contributed by atoms with Gasteiger partial charge >= 0.3 is 6.01 Å². The minimum absolute atomic E-state index is 0.144. The van der Waals surface area contributed by atoms with Gasteiger partial charge in [0.05, 0.1) is 16.8 Å². The molecule has 0 spiro atoms. The van der Waals surface area contributed by atoms with Crippen LogP contribution in [0.4, 0.5) is 17.4 Å². The molecule has 0 atom stereocenters. The Bertz CT molecular complexity index is 1320. The number of rotatable bonds is 3. The topological polar surface area (TPSA) is 111 Å². The summed E-state index contributed by atoms with van der Waals surface area (Å²) in [5, 5.41) is 11.1. The van der Waals surface area contributed by atoms with E-state index in [2.05, 4.69) is 15.5 Å². The first kappa shape index (κ1) is 17.8. The van der Waals surface area contributed by atoms with Crippen molar-refractivity contribution in [3.63, 3.8) is 0 Å². The van der Waals surface area contributed by atoms with E-state index in [-0.39, 0.29) is 40.3 Å². The van der Waals surface area contributed by atoms with Crippen molar-refractivity contribution >= 4 is 29.0 Å². The van der Waals surface area contributed by atoms with E-state index in [4.69, 9.17) is 10.2 Å². The molecule has 3 aromatic carbocycles. The summed E-state index contributed by atoms with van der Waals surface area (Å²) in [6, 6.07) is 17.8. The lowest BCUT2D eigenvalue weighted by Gasteiger charge is -2.19. The summed E-state index contributed by atoms with van der Waals surface area (Å²) in [6.45, 7) is 2.00. The average Bonchev–Trinajstić information content (AvgIpc) is 3.21. The van der Waals surface area contributed by atoms with Gasteiger partial charge in [-0.1, -0.05) is 47.1 Å². The van der Waals surface area contributed by atoms with Crippen molar-refractivity contribution in [1.82, 2.24) is 10.2 Å². The van der Waals surface area contributed by atoms with Gasteiger partial charge in [0.1, 0.15) is 0 Å². The minimum Gasteiger partial charge on any atom is -0.403 e. The van der Waals surface area contributed by atoms with Crippen molar-refractivity contribution in [2.24, 2.45) is 0 Å². The molecular formula is C23H16N4O3. The summed E-state index contributed by atoms with van der Waals surface area (Å²) < 4.78 is 5.70. The first-order valence-corrected chi connectivity index (χ1v) is 9.31. The molecule has 7 nitrogen and oxygen atoms in total. The van der Waals surface area contributed by atoms with Crippen molar-refractivity contribution in [3.8, 4) is 11.5 Å². The summed E-state index contributed by atoms with van der Waals surface area (Å²) >= 11 is 0. The largest absolute Gasteiger partial charge is 0.403 e. The van der Waals surface area contributed by atoms with Crippen molar-refractivity contribution in [2.45, 2.75) is 6.92 Å². The van der Waals surface area contributed by atoms with Gasteiger partial charge in [-0.05, 0) is 31.2 Å². The summed E-state index contributed by atoms with van der Waals surface area (Å²) in [4.78, 5) is 25.8. The summed E-state index contributed by atoms with van der Waals surface area (Å²) in [7, 11) is 0. The van der Waals surface area contributed by atoms with Crippen LogP contribution in [0.15, 0.2) is 65.1 Å². The highest BCUT2D eigenvalue weighted by Crippen LogP contribution is 2.36. The van der Waals surface area contributed by atoms with Gasteiger partial charge in [-0.3, -0.25) is 9.59 Å². The zero-order chi connectivity index (χ0) is 20.8. The Labute approximate surface area is 171 Å². The van der Waals surface area contributed by atoms with Crippen molar-refractivity contribution in [1.29, 1.82) is 0 Å². The molecule has 30 heavy (non-hydrogen) atoms. The zero-order valence-electron chi connectivity index (χ0n) is 16.0. The molecule has 3 N–H and O–H groups in total. The first-order valence-electron chi connectivity index (χ1n) is 9.31. The van der Waals surface area contributed by atoms with Crippen LogP contribution >= 0.6 is 0 Å². The van der Waals surface area contributed by atoms with Crippen molar-refractivity contribution in [3.05, 3.63) is 88.5 Å². The number of ketones is 2. The number of aromatic nitrogens is 2. The van der Waals surface area contributed by atoms with E-state index in [0.29, 0.717) is 16.7 Å². The third-order valence-electron chi connectivity index (χ3n) is 5.09. The van der Waals surface area contributed by atoms with E-state index in [1.165, 1.54) is 0 Å². The van der Waals surface area contributed by atoms with E-state index < -0.39 is 0 Å². The fourth-order valence-corrected chi connectivity index (χ4v) is 3.54. The number of hydrogen-bond acceptors (Lipinski definition) is 7. The molecule has 146 valence electrons. The molecule has 7 heteroatoms. The van der Waals surface area contributed by atoms with Gasteiger partial charge in [0.15, 0.2) is 11.6 Å². The first-order chi connectivity index (χ1) is 14.5. The summed E-state index contributed by atoms with van der Waals surface area (Å²) in [6.07, 6.45) is 0. The molecule has 0 bridgehead atoms. The second-order valence-electron chi connectivity index (χ2n) is 7.06. The van der Waals surface area contributed by atoms with Gasteiger partial charge in [-0.15, -0.1) is 5.10 Å². The van der Waals surface area contributed by atoms with E-state index in [9.17, 15) is 9.59 Å². The van der Waals surface area contributed by atoms with E-state index >= 15 is 0 Å². The molecule has 5 rings (SSSR count). The molecule has 1 aliphatic carbocycles. The third-order valence-corrected chi connectivity index (χ3v) is 5.09.